The number of benzene rings is 1. The highest BCUT2D eigenvalue weighted by Crippen LogP contribution is 2.25. The number of ether oxygens (including phenoxy) is 1. The van der Waals surface area contributed by atoms with Crippen molar-refractivity contribution >= 4 is 23.2 Å². The molecule has 8 nitrogen and oxygen atoms in total. The molecule has 1 aliphatic rings. The normalized spacial score (nSPS) is 17.0. The molecule has 1 N–H and O–H groups in total. The van der Waals surface area contributed by atoms with Crippen LogP contribution in [0, 0.1) is 0 Å². The van der Waals surface area contributed by atoms with Crippen LogP contribution in [0.3, 0.4) is 0 Å². The van der Waals surface area contributed by atoms with Gasteiger partial charge in [-0.2, -0.15) is 5.10 Å². The Morgan fingerprint density at radius 1 is 1.26 bits per heavy atom. The van der Waals surface area contributed by atoms with Crippen molar-refractivity contribution in [3.05, 3.63) is 53.8 Å². The van der Waals surface area contributed by atoms with Crippen LogP contribution in [0.1, 0.15) is 10.5 Å². The van der Waals surface area contributed by atoms with Gasteiger partial charge in [-0.05, 0) is 12.1 Å². The maximum atomic E-state index is 12.6. The van der Waals surface area contributed by atoms with E-state index in [4.69, 9.17) is 9.84 Å². The minimum absolute atomic E-state index is 0.0208. The van der Waals surface area contributed by atoms with Crippen LogP contribution in [-0.2, 0) is 9.53 Å². The predicted molar refractivity (Wildman–Crippen MR) is 98.0 cm³/mol. The second-order valence-corrected chi connectivity index (χ2v) is 6.85. The molecule has 1 amide bonds. The predicted octanol–water partition coefficient (Wildman–Crippen LogP) is 1.92. The maximum absolute atomic E-state index is 12.6. The number of rotatable bonds is 4. The van der Waals surface area contributed by atoms with E-state index < -0.39 is 12.1 Å². The molecule has 2 aromatic heterocycles. The minimum Gasteiger partial charge on any atom is -0.479 e. The van der Waals surface area contributed by atoms with Gasteiger partial charge in [-0.3, -0.25) is 4.79 Å². The van der Waals surface area contributed by atoms with Crippen molar-refractivity contribution in [1.29, 1.82) is 0 Å². The summed E-state index contributed by atoms with van der Waals surface area (Å²) in [5, 5.41) is 15.8. The topological polar surface area (TPSA) is 97.6 Å². The van der Waals surface area contributed by atoms with Crippen LogP contribution in [0.25, 0.3) is 16.3 Å². The van der Waals surface area contributed by atoms with E-state index in [1.165, 1.54) is 16.2 Å². The quantitative estimate of drug-likeness (QED) is 0.738. The number of carboxylic acids is 1. The van der Waals surface area contributed by atoms with E-state index in [0.29, 0.717) is 17.2 Å². The van der Waals surface area contributed by atoms with E-state index in [2.05, 4.69) is 10.1 Å². The van der Waals surface area contributed by atoms with Crippen molar-refractivity contribution < 1.29 is 19.4 Å². The van der Waals surface area contributed by atoms with Gasteiger partial charge < -0.3 is 14.7 Å². The molecular formula is C18H16N4O4S. The fourth-order valence-electron chi connectivity index (χ4n) is 2.80. The lowest BCUT2D eigenvalue weighted by molar-refractivity contribution is -0.154. The molecule has 0 aliphatic carbocycles. The molecule has 1 atom stereocenters. The number of thiazole rings is 1. The van der Waals surface area contributed by atoms with Crippen molar-refractivity contribution in [2.45, 2.75) is 6.10 Å². The average Bonchev–Trinajstić information content (AvgIpc) is 3.38. The first-order valence-corrected chi connectivity index (χ1v) is 9.19. The van der Waals surface area contributed by atoms with Crippen molar-refractivity contribution in [2.75, 3.05) is 19.7 Å². The molecule has 1 aliphatic heterocycles. The summed E-state index contributed by atoms with van der Waals surface area (Å²) in [6.45, 7) is 0.567. The van der Waals surface area contributed by atoms with Crippen LogP contribution in [-0.4, -0.2) is 62.4 Å². The lowest BCUT2D eigenvalue weighted by atomic mass is 10.2. The third-order valence-electron chi connectivity index (χ3n) is 4.20. The summed E-state index contributed by atoms with van der Waals surface area (Å²) in [6.07, 6.45) is 2.57. The van der Waals surface area contributed by atoms with Gasteiger partial charge in [0.1, 0.15) is 10.7 Å². The van der Waals surface area contributed by atoms with Crippen LogP contribution in [0.15, 0.2) is 48.1 Å². The van der Waals surface area contributed by atoms with Gasteiger partial charge in [0.2, 0.25) is 0 Å². The molecule has 138 valence electrons. The molecule has 4 rings (SSSR count). The summed E-state index contributed by atoms with van der Waals surface area (Å²) in [7, 11) is 0. The highest BCUT2D eigenvalue weighted by atomic mass is 32.1. The smallest absolute Gasteiger partial charge is 0.334 e. The Kier molecular flexibility index (Phi) is 4.69. The van der Waals surface area contributed by atoms with Crippen molar-refractivity contribution in [3.63, 3.8) is 0 Å². The fraction of sp³-hybridized carbons (Fsp3) is 0.222. The SMILES string of the molecule is O=C(O)C1CN(C(=O)c2csc(-c3cnn(-c4ccccc4)c3)n2)CCO1. The van der Waals surface area contributed by atoms with Gasteiger partial charge in [0.15, 0.2) is 6.10 Å². The number of carboxylic acid groups (broad SMARTS) is 1. The number of hydrogen-bond acceptors (Lipinski definition) is 6. The summed E-state index contributed by atoms with van der Waals surface area (Å²) in [6, 6.07) is 9.70. The molecule has 9 heteroatoms. The van der Waals surface area contributed by atoms with Crippen LogP contribution in [0.4, 0.5) is 0 Å². The summed E-state index contributed by atoms with van der Waals surface area (Å²) in [4.78, 5) is 29.6. The number of aliphatic carboxylic acids is 1. The zero-order valence-corrected chi connectivity index (χ0v) is 15.0. The number of nitrogens with zero attached hydrogens (tertiary/aromatic N) is 4. The number of carbonyl (C=O) groups excluding carboxylic acids is 1. The zero-order chi connectivity index (χ0) is 18.8. The Morgan fingerprint density at radius 2 is 2.07 bits per heavy atom. The van der Waals surface area contributed by atoms with E-state index in [-0.39, 0.29) is 19.1 Å². The van der Waals surface area contributed by atoms with E-state index in [9.17, 15) is 9.59 Å². The lowest BCUT2D eigenvalue weighted by Gasteiger charge is -2.30. The molecule has 0 radical (unpaired) electrons. The molecule has 27 heavy (non-hydrogen) atoms. The van der Waals surface area contributed by atoms with Crippen LogP contribution in [0.2, 0.25) is 0 Å². The van der Waals surface area contributed by atoms with Gasteiger partial charge in [0.25, 0.3) is 5.91 Å². The van der Waals surface area contributed by atoms with Crippen molar-refractivity contribution in [1.82, 2.24) is 19.7 Å². The fourth-order valence-corrected chi connectivity index (χ4v) is 3.57. The molecule has 1 unspecified atom stereocenters. The number of morpholine rings is 1. The number of amides is 1. The molecule has 0 saturated carbocycles. The Morgan fingerprint density at radius 3 is 2.85 bits per heavy atom. The average molecular weight is 384 g/mol. The first-order valence-electron chi connectivity index (χ1n) is 8.31. The third kappa shape index (κ3) is 3.60. The molecule has 1 aromatic carbocycles. The number of para-hydroxylation sites is 1. The summed E-state index contributed by atoms with van der Waals surface area (Å²) < 4.78 is 6.90. The molecule has 3 aromatic rings. The van der Waals surface area contributed by atoms with Crippen LogP contribution in [0.5, 0.6) is 0 Å². The monoisotopic (exact) mass is 384 g/mol. The van der Waals surface area contributed by atoms with E-state index >= 15 is 0 Å². The van der Waals surface area contributed by atoms with Crippen molar-refractivity contribution in [3.8, 4) is 16.3 Å². The Bertz CT molecular complexity index is 969. The number of carbonyl (C=O) groups is 2. The van der Waals surface area contributed by atoms with Gasteiger partial charge in [-0.1, -0.05) is 18.2 Å². The minimum atomic E-state index is -1.07. The highest BCUT2D eigenvalue weighted by Gasteiger charge is 2.30. The number of aromatic nitrogens is 3. The van der Waals surface area contributed by atoms with E-state index in [1.54, 1.807) is 16.3 Å². The Labute approximate surface area is 158 Å². The second kappa shape index (κ2) is 7.29. The highest BCUT2D eigenvalue weighted by molar-refractivity contribution is 7.13. The third-order valence-corrected chi connectivity index (χ3v) is 5.09. The standard InChI is InChI=1S/C18H16N4O4S/c23-17(21-6-7-26-15(10-21)18(24)25)14-11-27-16(20-14)12-8-19-22(9-12)13-4-2-1-3-5-13/h1-5,8-9,11,15H,6-7,10H2,(H,24,25). The van der Waals surface area contributed by atoms with Crippen molar-refractivity contribution in [2.24, 2.45) is 0 Å². The molecule has 3 heterocycles. The number of hydrogen-bond donors (Lipinski definition) is 1. The van der Waals surface area contributed by atoms with E-state index in [1.807, 2.05) is 36.5 Å². The second-order valence-electron chi connectivity index (χ2n) is 6.00. The van der Waals surface area contributed by atoms with Gasteiger partial charge in [0, 0.05) is 23.7 Å². The first kappa shape index (κ1) is 17.4. The first-order chi connectivity index (χ1) is 13.1. The Hall–Kier alpha value is -3.04. The molecule has 0 bridgehead atoms. The largest absolute Gasteiger partial charge is 0.479 e. The van der Waals surface area contributed by atoms with Gasteiger partial charge in [-0.25, -0.2) is 14.5 Å². The molecule has 1 saturated heterocycles. The molecule has 0 spiro atoms. The molecule has 1 fully saturated rings. The van der Waals surface area contributed by atoms with Gasteiger partial charge in [-0.15, -0.1) is 11.3 Å². The summed E-state index contributed by atoms with van der Waals surface area (Å²) >= 11 is 1.35. The maximum Gasteiger partial charge on any atom is 0.334 e. The molecular weight excluding hydrogens is 368 g/mol. The van der Waals surface area contributed by atoms with Gasteiger partial charge in [0.05, 0.1) is 25.0 Å². The van der Waals surface area contributed by atoms with Gasteiger partial charge >= 0.3 is 5.97 Å². The summed E-state index contributed by atoms with van der Waals surface area (Å²) in [5.74, 6) is -1.36. The van der Waals surface area contributed by atoms with Crippen LogP contribution < -0.4 is 0 Å². The van der Waals surface area contributed by atoms with E-state index in [0.717, 1.165) is 11.3 Å². The van der Waals surface area contributed by atoms with Crippen LogP contribution >= 0.6 is 11.3 Å². The lowest BCUT2D eigenvalue weighted by Crippen LogP contribution is -2.48. The zero-order valence-electron chi connectivity index (χ0n) is 14.2. The summed E-state index contributed by atoms with van der Waals surface area (Å²) in [5.41, 5.74) is 2.05. The Balaban J connectivity index is 1.51.